The molecule has 0 spiro atoms. The fourth-order valence-corrected chi connectivity index (χ4v) is 5.80. The number of thiophene rings is 1. The Kier molecular flexibility index (Phi) is 6.55. The number of anilines is 1. The predicted octanol–water partition coefficient (Wildman–Crippen LogP) is 4.83. The highest BCUT2D eigenvalue weighted by molar-refractivity contribution is 7.08. The highest BCUT2D eigenvalue weighted by atomic mass is 32.1. The van der Waals surface area contributed by atoms with Gasteiger partial charge in [0.25, 0.3) is 0 Å². The van der Waals surface area contributed by atoms with Gasteiger partial charge in [-0.05, 0) is 85.6 Å². The van der Waals surface area contributed by atoms with E-state index in [0.29, 0.717) is 0 Å². The van der Waals surface area contributed by atoms with E-state index in [1.165, 1.54) is 37.1 Å². The third kappa shape index (κ3) is 4.80. The van der Waals surface area contributed by atoms with Crippen LogP contribution in [0.3, 0.4) is 0 Å². The molecule has 1 saturated heterocycles. The van der Waals surface area contributed by atoms with Gasteiger partial charge in [0, 0.05) is 52.5 Å². The molecule has 0 aromatic carbocycles. The number of nitrogens with one attached hydrogen (secondary N) is 2. The Balaban J connectivity index is 1.31. The van der Waals surface area contributed by atoms with Crippen LogP contribution in [0.5, 0.6) is 0 Å². The lowest BCUT2D eigenvalue weighted by molar-refractivity contribution is 0.331. The van der Waals surface area contributed by atoms with Crippen molar-refractivity contribution in [3.63, 3.8) is 0 Å². The number of nitrogens with zero attached hydrogens (tertiary/aromatic N) is 4. The van der Waals surface area contributed by atoms with Gasteiger partial charge in [-0.2, -0.15) is 16.4 Å². The smallest absolute Gasteiger partial charge is 0.116 e. The van der Waals surface area contributed by atoms with Crippen molar-refractivity contribution in [2.75, 3.05) is 18.4 Å². The van der Waals surface area contributed by atoms with Crippen molar-refractivity contribution in [2.24, 2.45) is 0 Å². The molecule has 37 heavy (non-hydrogen) atoms. The molecule has 0 amide bonds. The quantitative estimate of drug-likeness (QED) is 0.392. The van der Waals surface area contributed by atoms with Gasteiger partial charge in [-0.3, -0.25) is 20.0 Å². The number of hydrogen-bond acceptors (Lipinski definition) is 6. The van der Waals surface area contributed by atoms with Crippen LogP contribution in [0, 0.1) is 0 Å². The Labute approximate surface area is 220 Å². The molecule has 2 N–H and O–H groups in total. The molecule has 0 bridgehead atoms. The zero-order valence-electron chi connectivity index (χ0n) is 21.0. The number of fused-ring (bicyclic) bond motifs is 1. The summed E-state index contributed by atoms with van der Waals surface area (Å²) in [5.74, 6) is 0. The minimum Gasteiger partial charge on any atom is -0.354 e. The Bertz CT molecular complexity index is 1590. The van der Waals surface area contributed by atoms with Gasteiger partial charge in [-0.25, -0.2) is 0 Å². The van der Waals surface area contributed by atoms with Crippen molar-refractivity contribution in [2.45, 2.75) is 32.7 Å². The van der Waals surface area contributed by atoms with Crippen LogP contribution in [-0.4, -0.2) is 38.2 Å². The van der Waals surface area contributed by atoms with Crippen molar-refractivity contribution in [3.8, 4) is 11.3 Å². The second-order valence-electron chi connectivity index (χ2n) is 9.57. The zero-order valence-corrected chi connectivity index (χ0v) is 21.8. The van der Waals surface area contributed by atoms with Crippen LogP contribution < -0.4 is 15.9 Å². The van der Waals surface area contributed by atoms with E-state index in [0.717, 1.165) is 63.0 Å². The number of pyridine rings is 2. The summed E-state index contributed by atoms with van der Waals surface area (Å²) >= 11 is 1.69. The maximum Gasteiger partial charge on any atom is 0.116 e. The molecule has 2 aliphatic rings. The number of allylic oxidation sites excluding steroid dienone is 2. The van der Waals surface area contributed by atoms with E-state index in [-0.39, 0.29) is 0 Å². The normalized spacial score (nSPS) is 16.5. The molecular formula is C30H30N6S. The van der Waals surface area contributed by atoms with Gasteiger partial charge in [0.05, 0.1) is 16.7 Å². The van der Waals surface area contributed by atoms with E-state index < -0.39 is 0 Å². The lowest BCUT2D eigenvalue weighted by Crippen LogP contribution is -2.26. The van der Waals surface area contributed by atoms with Crippen LogP contribution in [0.15, 0.2) is 60.2 Å². The van der Waals surface area contributed by atoms with Gasteiger partial charge in [0.1, 0.15) is 5.69 Å². The largest absolute Gasteiger partial charge is 0.354 e. The van der Waals surface area contributed by atoms with E-state index in [1.54, 1.807) is 11.3 Å². The number of aromatic nitrogens is 4. The summed E-state index contributed by atoms with van der Waals surface area (Å²) in [4.78, 5) is 11.7. The molecule has 6 rings (SSSR count). The van der Waals surface area contributed by atoms with Crippen molar-refractivity contribution in [3.05, 3.63) is 93.2 Å². The molecule has 0 saturated carbocycles. The van der Waals surface area contributed by atoms with Crippen LogP contribution in [0.2, 0.25) is 0 Å². The first-order valence-electron chi connectivity index (χ1n) is 12.8. The van der Waals surface area contributed by atoms with Gasteiger partial charge in [0.2, 0.25) is 0 Å². The summed E-state index contributed by atoms with van der Waals surface area (Å²) in [6.07, 6.45) is 15.5. The van der Waals surface area contributed by atoms with E-state index in [1.807, 2.05) is 37.7 Å². The summed E-state index contributed by atoms with van der Waals surface area (Å²) in [5, 5.41) is 17.7. The van der Waals surface area contributed by atoms with Crippen LogP contribution in [0.25, 0.3) is 34.7 Å². The van der Waals surface area contributed by atoms with Crippen LogP contribution >= 0.6 is 11.3 Å². The van der Waals surface area contributed by atoms with Crippen molar-refractivity contribution in [1.82, 2.24) is 25.1 Å². The van der Waals surface area contributed by atoms with E-state index >= 15 is 0 Å². The van der Waals surface area contributed by atoms with Crippen molar-refractivity contribution < 1.29 is 0 Å². The highest BCUT2D eigenvalue weighted by Crippen LogP contribution is 2.33. The molecule has 0 atom stereocenters. The lowest BCUT2D eigenvalue weighted by atomic mass is 9.99. The van der Waals surface area contributed by atoms with Crippen molar-refractivity contribution >= 4 is 40.4 Å². The fraction of sp³-hybridized carbons (Fsp3) is 0.233. The molecule has 0 unspecified atom stereocenters. The summed E-state index contributed by atoms with van der Waals surface area (Å²) in [6, 6.07) is 6.38. The third-order valence-corrected chi connectivity index (χ3v) is 7.78. The first kappa shape index (κ1) is 23.6. The maximum atomic E-state index is 4.69. The minimum atomic E-state index is 0.789. The summed E-state index contributed by atoms with van der Waals surface area (Å²) in [7, 11) is 0. The molecule has 6 heterocycles. The maximum absolute atomic E-state index is 4.69. The highest BCUT2D eigenvalue weighted by Gasteiger charge is 2.19. The van der Waals surface area contributed by atoms with E-state index in [9.17, 15) is 0 Å². The molecule has 0 radical (unpaired) electrons. The van der Waals surface area contributed by atoms with E-state index in [2.05, 4.69) is 66.9 Å². The standard InChI is InChI=1S/C30H30N6S/c1-3-26-25(14-20(2)23-15-21(16-31-17-23)18-36-11-4-5-12-36)30(35-34-26)28-7-6-24-27(33-28)8-10-32-29(24)22-9-13-37-19-22/h3,7-10,13-17,19,33-34H,2,4-6,11-12,18H2,1H3/b25-14+,26-3+. The monoisotopic (exact) mass is 506 g/mol. The summed E-state index contributed by atoms with van der Waals surface area (Å²) in [5.41, 5.74) is 9.53. The number of likely N-dealkylation sites (tertiary alicyclic amines) is 1. The first-order valence-corrected chi connectivity index (χ1v) is 13.7. The fourth-order valence-electron chi connectivity index (χ4n) is 5.16. The number of rotatable bonds is 6. The Morgan fingerprint density at radius 2 is 2.08 bits per heavy atom. The topological polar surface area (TPSA) is 69.7 Å². The first-order chi connectivity index (χ1) is 18.2. The lowest BCUT2D eigenvalue weighted by Gasteiger charge is -2.20. The Morgan fingerprint density at radius 1 is 1.19 bits per heavy atom. The second-order valence-corrected chi connectivity index (χ2v) is 10.3. The number of aromatic amines is 1. The molecule has 2 aliphatic heterocycles. The Hall–Kier alpha value is -3.81. The van der Waals surface area contributed by atoms with Crippen LogP contribution in [0.1, 0.15) is 42.1 Å². The average Bonchev–Trinajstić information content (AvgIpc) is 3.71. The molecule has 4 aromatic heterocycles. The molecule has 0 aliphatic carbocycles. The Morgan fingerprint density at radius 3 is 2.89 bits per heavy atom. The number of H-pyrrole nitrogens is 1. The van der Waals surface area contributed by atoms with Crippen LogP contribution in [0.4, 0.5) is 5.69 Å². The van der Waals surface area contributed by atoms with Gasteiger partial charge in [0.15, 0.2) is 0 Å². The second kappa shape index (κ2) is 10.3. The molecule has 4 aromatic rings. The molecule has 6 nitrogen and oxygen atoms in total. The molecule has 186 valence electrons. The van der Waals surface area contributed by atoms with Crippen molar-refractivity contribution in [1.29, 1.82) is 0 Å². The van der Waals surface area contributed by atoms with Gasteiger partial charge >= 0.3 is 0 Å². The van der Waals surface area contributed by atoms with Gasteiger partial charge in [-0.15, -0.1) is 0 Å². The summed E-state index contributed by atoms with van der Waals surface area (Å²) < 4.78 is 0. The summed E-state index contributed by atoms with van der Waals surface area (Å²) in [6.45, 7) is 9.70. The molecular weight excluding hydrogens is 476 g/mol. The zero-order chi connectivity index (χ0) is 25.2. The molecule has 7 heteroatoms. The van der Waals surface area contributed by atoms with Gasteiger partial charge < -0.3 is 5.32 Å². The SMILES string of the molecule is C=C(/C=c1/c(C2=CCc3c(ccnc3-c3ccsc3)N2)n[nH]/c1=C/C)c1cncc(CN2CCCC2)c1. The average molecular weight is 507 g/mol. The van der Waals surface area contributed by atoms with Gasteiger partial charge in [-0.1, -0.05) is 18.7 Å². The number of hydrogen-bond donors (Lipinski definition) is 2. The van der Waals surface area contributed by atoms with E-state index in [4.69, 9.17) is 5.10 Å². The third-order valence-electron chi connectivity index (χ3n) is 7.10. The predicted molar refractivity (Wildman–Crippen MR) is 153 cm³/mol. The molecule has 1 fully saturated rings. The van der Waals surface area contributed by atoms with Crippen LogP contribution in [-0.2, 0) is 13.0 Å². The minimum absolute atomic E-state index is 0.789.